The number of sulfonamides is 1. The third-order valence-electron chi connectivity index (χ3n) is 6.44. The summed E-state index contributed by atoms with van der Waals surface area (Å²) in [6, 6.07) is 17.9. The summed E-state index contributed by atoms with van der Waals surface area (Å²) in [7, 11) is -4.12. The lowest BCUT2D eigenvalue weighted by Crippen LogP contribution is -2.51. The molecule has 0 saturated carbocycles. The number of nitrogens with zero attached hydrogens (tertiary/aromatic N) is 2. The minimum atomic E-state index is -4.12. The maximum Gasteiger partial charge on any atom is 0.264 e. The van der Waals surface area contributed by atoms with E-state index in [1.54, 1.807) is 44.2 Å². The highest BCUT2D eigenvalue weighted by Gasteiger charge is 2.33. The van der Waals surface area contributed by atoms with Crippen molar-refractivity contribution in [3.05, 3.63) is 95.3 Å². The molecule has 7 nitrogen and oxygen atoms in total. The number of anilines is 1. The van der Waals surface area contributed by atoms with Gasteiger partial charge in [-0.1, -0.05) is 49.4 Å². The maximum absolute atomic E-state index is 13.9. The number of amides is 2. The molecule has 38 heavy (non-hydrogen) atoms. The first-order valence-electron chi connectivity index (χ1n) is 12.5. The van der Waals surface area contributed by atoms with E-state index in [4.69, 9.17) is 0 Å². The summed E-state index contributed by atoms with van der Waals surface area (Å²) < 4.78 is 42.3. The number of benzene rings is 3. The fourth-order valence-electron chi connectivity index (χ4n) is 4.00. The van der Waals surface area contributed by atoms with Crippen molar-refractivity contribution in [2.75, 3.05) is 17.4 Å². The fourth-order valence-corrected chi connectivity index (χ4v) is 5.50. The lowest BCUT2D eigenvalue weighted by atomic mass is 10.1. The zero-order valence-electron chi connectivity index (χ0n) is 22.1. The zero-order valence-corrected chi connectivity index (χ0v) is 23.0. The van der Waals surface area contributed by atoms with Gasteiger partial charge in [0.05, 0.1) is 10.6 Å². The Morgan fingerprint density at radius 1 is 0.947 bits per heavy atom. The van der Waals surface area contributed by atoms with Crippen LogP contribution in [0.5, 0.6) is 0 Å². The Kier molecular flexibility index (Phi) is 9.63. The Balaban J connectivity index is 2.04. The summed E-state index contributed by atoms with van der Waals surface area (Å²) in [4.78, 5) is 28.1. The zero-order chi connectivity index (χ0) is 27.9. The van der Waals surface area contributed by atoms with Crippen molar-refractivity contribution in [1.82, 2.24) is 10.2 Å². The number of carbonyl (C=O) groups excluding carboxylic acids is 2. The van der Waals surface area contributed by atoms with E-state index in [-0.39, 0.29) is 17.3 Å². The van der Waals surface area contributed by atoms with Crippen LogP contribution in [0.15, 0.2) is 77.7 Å². The van der Waals surface area contributed by atoms with Crippen molar-refractivity contribution in [2.45, 2.75) is 51.6 Å². The van der Waals surface area contributed by atoms with Crippen LogP contribution in [0.4, 0.5) is 10.1 Å². The van der Waals surface area contributed by atoms with Gasteiger partial charge in [-0.25, -0.2) is 12.8 Å². The van der Waals surface area contributed by atoms with E-state index in [1.807, 2.05) is 19.9 Å². The molecule has 0 aliphatic rings. The van der Waals surface area contributed by atoms with E-state index in [0.717, 1.165) is 21.9 Å². The molecule has 0 aromatic heterocycles. The molecule has 1 N–H and O–H groups in total. The predicted octanol–water partition coefficient (Wildman–Crippen LogP) is 4.58. The highest BCUT2D eigenvalue weighted by atomic mass is 32.2. The number of rotatable bonds is 11. The number of carbonyl (C=O) groups is 2. The summed E-state index contributed by atoms with van der Waals surface area (Å²) in [5, 5.41) is 2.80. The van der Waals surface area contributed by atoms with E-state index in [1.165, 1.54) is 41.3 Å². The molecule has 0 bridgehead atoms. The standard InChI is InChI=1S/C29H34FN3O4S/c1-5-18-31-29(35)23(4)32(19-24-14-16-25(30)17-15-24)28(34)20-33(27-13-9-10-21(2)22(27)3)38(36,37)26-11-7-6-8-12-26/h6-17,23H,5,18-20H2,1-4H3,(H,31,35). The average Bonchev–Trinajstić information content (AvgIpc) is 2.91. The van der Waals surface area contributed by atoms with Crippen LogP contribution >= 0.6 is 0 Å². The molecule has 0 aliphatic carbocycles. The van der Waals surface area contributed by atoms with Crippen LogP contribution in [0.1, 0.15) is 37.0 Å². The van der Waals surface area contributed by atoms with Crippen LogP contribution in [0.2, 0.25) is 0 Å². The Labute approximate surface area is 224 Å². The van der Waals surface area contributed by atoms with Crippen LogP contribution in [0, 0.1) is 19.7 Å². The molecule has 202 valence electrons. The summed E-state index contributed by atoms with van der Waals surface area (Å²) in [6.07, 6.45) is 0.722. The third-order valence-corrected chi connectivity index (χ3v) is 8.21. The van der Waals surface area contributed by atoms with E-state index < -0.39 is 34.3 Å². The predicted molar refractivity (Wildman–Crippen MR) is 147 cm³/mol. The molecule has 0 aliphatic heterocycles. The normalized spacial score (nSPS) is 12.0. The van der Waals surface area contributed by atoms with Gasteiger partial charge in [-0.15, -0.1) is 0 Å². The first-order chi connectivity index (χ1) is 18.1. The maximum atomic E-state index is 13.9. The van der Waals surface area contributed by atoms with Crippen molar-refractivity contribution in [3.63, 3.8) is 0 Å². The number of aryl methyl sites for hydroxylation is 1. The number of nitrogens with one attached hydrogen (secondary N) is 1. The molecule has 0 saturated heterocycles. The molecule has 0 fully saturated rings. The van der Waals surface area contributed by atoms with Crippen molar-refractivity contribution in [2.24, 2.45) is 0 Å². The van der Waals surface area contributed by atoms with Crippen molar-refractivity contribution < 1.29 is 22.4 Å². The molecule has 0 spiro atoms. The SMILES string of the molecule is CCCNC(=O)C(C)N(Cc1ccc(F)cc1)C(=O)CN(c1cccc(C)c1C)S(=O)(=O)c1ccccc1. The lowest BCUT2D eigenvalue weighted by molar-refractivity contribution is -0.139. The number of halogens is 1. The first-order valence-corrected chi connectivity index (χ1v) is 14.0. The van der Waals surface area contributed by atoms with Crippen LogP contribution in [0.25, 0.3) is 0 Å². The second-order valence-corrected chi connectivity index (χ2v) is 11.0. The Morgan fingerprint density at radius 3 is 2.24 bits per heavy atom. The summed E-state index contributed by atoms with van der Waals surface area (Å²) in [5.74, 6) is -1.34. The molecular weight excluding hydrogens is 505 g/mol. The quantitative estimate of drug-likeness (QED) is 0.387. The minimum absolute atomic E-state index is 0.00580. The first kappa shape index (κ1) is 28.8. The van der Waals surface area contributed by atoms with Crippen LogP contribution < -0.4 is 9.62 Å². The Morgan fingerprint density at radius 2 is 1.61 bits per heavy atom. The number of hydrogen-bond donors (Lipinski definition) is 1. The highest BCUT2D eigenvalue weighted by molar-refractivity contribution is 7.92. The topological polar surface area (TPSA) is 86.8 Å². The van der Waals surface area contributed by atoms with E-state index in [9.17, 15) is 22.4 Å². The average molecular weight is 540 g/mol. The number of hydrogen-bond acceptors (Lipinski definition) is 4. The monoisotopic (exact) mass is 539 g/mol. The van der Waals surface area contributed by atoms with Crippen LogP contribution in [-0.4, -0.2) is 44.3 Å². The molecular formula is C29H34FN3O4S. The highest BCUT2D eigenvalue weighted by Crippen LogP contribution is 2.29. The van der Waals surface area contributed by atoms with Gasteiger partial charge < -0.3 is 10.2 Å². The molecule has 3 aromatic carbocycles. The van der Waals surface area contributed by atoms with Gasteiger partial charge in [0.1, 0.15) is 18.4 Å². The molecule has 1 atom stereocenters. The van der Waals surface area contributed by atoms with E-state index in [0.29, 0.717) is 17.8 Å². The lowest BCUT2D eigenvalue weighted by Gasteiger charge is -2.32. The second kappa shape index (κ2) is 12.7. The van der Waals surface area contributed by atoms with Crippen LogP contribution in [0.3, 0.4) is 0 Å². The Bertz CT molecular complexity index is 1360. The summed E-state index contributed by atoms with van der Waals surface area (Å²) >= 11 is 0. The summed E-state index contributed by atoms with van der Waals surface area (Å²) in [6.45, 7) is 7.12. The van der Waals surface area contributed by atoms with E-state index in [2.05, 4.69) is 5.32 Å². The molecule has 0 radical (unpaired) electrons. The Hall–Kier alpha value is -3.72. The molecule has 9 heteroatoms. The third kappa shape index (κ3) is 6.77. The van der Waals surface area contributed by atoms with Crippen molar-refractivity contribution >= 4 is 27.5 Å². The molecule has 2 amide bonds. The molecule has 1 unspecified atom stereocenters. The molecule has 0 heterocycles. The van der Waals surface area contributed by atoms with Gasteiger partial charge >= 0.3 is 0 Å². The summed E-state index contributed by atoms with van der Waals surface area (Å²) in [5.41, 5.74) is 2.59. The fraction of sp³-hybridized carbons (Fsp3) is 0.310. The molecule has 3 rings (SSSR count). The van der Waals surface area contributed by atoms with Crippen molar-refractivity contribution in [3.8, 4) is 0 Å². The molecule has 3 aromatic rings. The largest absolute Gasteiger partial charge is 0.354 e. The minimum Gasteiger partial charge on any atom is -0.354 e. The van der Waals surface area contributed by atoms with Crippen molar-refractivity contribution in [1.29, 1.82) is 0 Å². The van der Waals surface area contributed by atoms with Gasteiger partial charge in [-0.2, -0.15) is 0 Å². The van der Waals surface area contributed by atoms with Crippen LogP contribution in [-0.2, 0) is 26.2 Å². The van der Waals surface area contributed by atoms with Gasteiger partial charge in [-0.3, -0.25) is 13.9 Å². The van der Waals surface area contributed by atoms with Gasteiger partial charge in [0.25, 0.3) is 10.0 Å². The van der Waals surface area contributed by atoms with Gasteiger partial charge in [0.2, 0.25) is 11.8 Å². The van der Waals surface area contributed by atoms with E-state index >= 15 is 0 Å². The van der Waals surface area contributed by atoms with Gasteiger partial charge in [0.15, 0.2) is 0 Å². The van der Waals surface area contributed by atoms with Gasteiger partial charge in [-0.05, 0) is 74.2 Å². The smallest absolute Gasteiger partial charge is 0.264 e. The van der Waals surface area contributed by atoms with Gasteiger partial charge in [0, 0.05) is 13.1 Å². The second-order valence-electron chi connectivity index (χ2n) is 9.16.